The van der Waals surface area contributed by atoms with Gasteiger partial charge in [0.15, 0.2) is 0 Å². The third kappa shape index (κ3) is 2.15. The molecule has 0 unspecified atom stereocenters. The number of hydrogen-bond donors (Lipinski definition) is 1. The fourth-order valence-corrected chi connectivity index (χ4v) is 1.64. The van der Waals surface area contributed by atoms with Crippen molar-refractivity contribution in [2.75, 3.05) is 7.11 Å². The quantitative estimate of drug-likeness (QED) is 0.877. The molecule has 2 N–H and O–H groups in total. The van der Waals surface area contributed by atoms with E-state index in [1.54, 1.807) is 13.4 Å². The molecular formula is C13H15N3O. The minimum atomic E-state index is 0.525. The van der Waals surface area contributed by atoms with Gasteiger partial charge in [0.2, 0.25) is 0 Å². The first-order valence-electron chi connectivity index (χ1n) is 5.25. The second-order valence-corrected chi connectivity index (χ2v) is 3.83. The maximum atomic E-state index is 5.66. The summed E-state index contributed by atoms with van der Waals surface area (Å²) in [6.45, 7) is 5.65. The molecule has 0 bridgehead atoms. The fraction of sp³-hybridized carbons (Fsp3) is 0.154. The molecule has 0 aliphatic rings. The van der Waals surface area contributed by atoms with Gasteiger partial charge in [-0.1, -0.05) is 12.6 Å². The maximum absolute atomic E-state index is 5.66. The summed E-state index contributed by atoms with van der Waals surface area (Å²) in [5.74, 6) is 0.742. The minimum absolute atomic E-state index is 0.525. The van der Waals surface area contributed by atoms with E-state index in [0.29, 0.717) is 5.70 Å². The molecule has 0 aliphatic heterocycles. The molecule has 1 aromatic heterocycles. The summed E-state index contributed by atoms with van der Waals surface area (Å²) in [5, 5.41) is 0. The predicted molar refractivity (Wildman–Crippen MR) is 68.1 cm³/mol. The second kappa shape index (κ2) is 4.33. The van der Waals surface area contributed by atoms with Crippen LogP contribution in [0.3, 0.4) is 0 Å². The van der Waals surface area contributed by atoms with E-state index < -0.39 is 0 Å². The maximum Gasteiger partial charge on any atom is 0.143 e. The molecule has 1 heterocycles. The van der Waals surface area contributed by atoms with Gasteiger partial charge in [0, 0.05) is 17.5 Å². The molecule has 1 aromatic carbocycles. The van der Waals surface area contributed by atoms with E-state index in [1.165, 1.54) is 0 Å². The Bertz CT molecular complexity index is 558. The van der Waals surface area contributed by atoms with Crippen LogP contribution in [0, 0.1) is 6.92 Å². The number of aryl methyl sites for hydroxylation is 1. The van der Waals surface area contributed by atoms with E-state index >= 15 is 0 Å². The zero-order valence-corrected chi connectivity index (χ0v) is 9.97. The number of imidazole rings is 1. The molecular weight excluding hydrogens is 214 g/mol. The standard InChI is InChI=1S/C13H15N3O/c1-9-7-16(8-15-9)12-5-4-11(10(2)14)6-13(12)17-3/h4-8H,2,14H2,1,3H3. The van der Waals surface area contributed by atoms with Gasteiger partial charge in [0.05, 0.1) is 24.8 Å². The van der Waals surface area contributed by atoms with E-state index in [2.05, 4.69) is 11.6 Å². The Morgan fingerprint density at radius 3 is 2.76 bits per heavy atom. The third-order valence-corrected chi connectivity index (χ3v) is 2.54. The van der Waals surface area contributed by atoms with E-state index in [1.807, 2.05) is 35.9 Å². The summed E-state index contributed by atoms with van der Waals surface area (Å²) in [4.78, 5) is 4.19. The lowest BCUT2D eigenvalue weighted by molar-refractivity contribution is 0.412. The molecule has 0 atom stereocenters. The number of aromatic nitrogens is 2. The summed E-state index contributed by atoms with van der Waals surface area (Å²) < 4.78 is 7.27. The highest BCUT2D eigenvalue weighted by molar-refractivity contribution is 5.65. The highest BCUT2D eigenvalue weighted by Crippen LogP contribution is 2.25. The van der Waals surface area contributed by atoms with Crippen LogP contribution in [-0.4, -0.2) is 16.7 Å². The number of rotatable bonds is 3. The largest absolute Gasteiger partial charge is 0.495 e. The summed E-state index contributed by atoms with van der Waals surface area (Å²) in [7, 11) is 1.63. The molecule has 4 heteroatoms. The Labute approximate surface area is 100 Å². The van der Waals surface area contributed by atoms with Crippen LogP contribution in [0.2, 0.25) is 0 Å². The number of benzene rings is 1. The van der Waals surface area contributed by atoms with Gasteiger partial charge in [-0.25, -0.2) is 4.98 Å². The van der Waals surface area contributed by atoms with Crippen molar-refractivity contribution in [1.82, 2.24) is 9.55 Å². The van der Waals surface area contributed by atoms with Crippen molar-refractivity contribution >= 4 is 5.70 Å². The molecule has 0 saturated carbocycles. The van der Waals surface area contributed by atoms with Gasteiger partial charge in [-0.05, 0) is 19.1 Å². The average Bonchev–Trinajstić information content (AvgIpc) is 2.74. The molecule has 2 aromatic rings. The first kappa shape index (κ1) is 11.3. The average molecular weight is 229 g/mol. The van der Waals surface area contributed by atoms with Crippen LogP contribution < -0.4 is 10.5 Å². The Morgan fingerprint density at radius 2 is 2.24 bits per heavy atom. The zero-order valence-electron chi connectivity index (χ0n) is 9.97. The molecule has 0 radical (unpaired) electrons. The Balaban J connectivity index is 2.51. The lowest BCUT2D eigenvalue weighted by atomic mass is 10.1. The summed E-state index contributed by atoms with van der Waals surface area (Å²) in [5.41, 5.74) is 8.94. The Morgan fingerprint density at radius 1 is 1.47 bits per heavy atom. The predicted octanol–water partition coefficient (Wildman–Crippen LogP) is 2.12. The van der Waals surface area contributed by atoms with Crippen LogP contribution in [0.25, 0.3) is 11.4 Å². The van der Waals surface area contributed by atoms with Gasteiger partial charge in [-0.3, -0.25) is 0 Å². The second-order valence-electron chi connectivity index (χ2n) is 3.83. The highest BCUT2D eigenvalue weighted by atomic mass is 16.5. The van der Waals surface area contributed by atoms with Gasteiger partial charge < -0.3 is 15.0 Å². The normalized spacial score (nSPS) is 10.2. The van der Waals surface area contributed by atoms with Gasteiger partial charge in [0.25, 0.3) is 0 Å². The number of methoxy groups -OCH3 is 1. The third-order valence-electron chi connectivity index (χ3n) is 2.54. The number of nitrogens with zero attached hydrogens (tertiary/aromatic N) is 2. The Hall–Kier alpha value is -2.23. The molecule has 88 valence electrons. The van der Waals surface area contributed by atoms with Crippen LogP contribution in [-0.2, 0) is 0 Å². The summed E-state index contributed by atoms with van der Waals surface area (Å²) in [6.07, 6.45) is 3.69. The summed E-state index contributed by atoms with van der Waals surface area (Å²) in [6, 6.07) is 5.72. The molecule has 2 rings (SSSR count). The van der Waals surface area contributed by atoms with Crippen LogP contribution in [0.15, 0.2) is 37.3 Å². The van der Waals surface area contributed by atoms with Crippen molar-refractivity contribution in [2.45, 2.75) is 6.92 Å². The van der Waals surface area contributed by atoms with Crippen molar-refractivity contribution < 1.29 is 4.74 Å². The molecule has 0 saturated heterocycles. The lowest BCUT2D eigenvalue weighted by Gasteiger charge is -2.11. The molecule has 0 spiro atoms. The van der Waals surface area contributed by atoms with Gasteiger partial charge in [-0.2, -0.15) is 0 Å². The molecule has 0 fully saturated rings. The smallest absolute Gasteiger partial charge is 0.143 e. The summed E-state index contributed by atoms with van der Waals surface area (Å²) >= 11 is 0. The molecule has 4 nitrogen and oxygen atoms in total. The molecule has 0 amide bonds. The van der Waals surface area contributed by atoms with Crippen LogP contribution >= 0.6 is 0 Å². The van der Waals surface area contributed by atoms with Crippen molar-refractivity contribution in [1.29, 1.82) is 0 Å². The van der Waals surface area contributed by atoms with Crippen molar-refractivity contribution in [3.05, 3.63) is 48.6 Å². The topological polar surface area (TPSA) is 53.1 Å². The first-order valence-corrected chi connectivity index (χ1v) is 5.25. The lowest BCUT2D eigenvalue weighted by Crippen LogP contribution is -1.99. The first-order chi connectivity index (χ1) is 8.11. The number of hydrogen-bond acceptors (Lipinski definition) is 3. The van der Waals surface area contributed by atoms with E-state index in [-0.39, 0.29) is 0 Å². The molecule has 17 heavy (non-hydrogen) atoms. The fourth-order valence-electron chi connectivity index (χ4n) is 1.64. The van der Waals surface area contributed by atoms with E-state index in [0.717, 1.165) is 22.7 Å². The zero-order chi connectivity index (χ0) is 12.4. The van der Waals surface area contributed by atoms with Crippen LogP contribution in [0.4, 0.5) is 0 Å². The van der Waals surface area contributed by atoms with Crippen molar-refractivity contribution in [3.63, 3.8) is 0 Å². The monoisotopic (exact) mass is 229 g/mol. The SMILES string of the molecule is C=C(N)c1ccc(-n2cnc(C)c2)c(OC)c1. The van der Waals surface area contributed by atoms with Gasteiger partial charge in [0.1, 0.15) is 5.75 Å². The number of nitrogens with two attached hydrogens (primary N) is 1. The van der Waals surface area contributed by atoms with Gasteiger partial charge >= 0.3 is 0 Å². The Kier molecular flexibility index (Phi) is 2.87. The van der Waals surface area contributed by atoms with Crippen molar-refractivity contribution in [3.8, 4) is 11.4 Å². The van der Waals surface area contributed by atoms with E-state index in [9.17, 15) is 0 Å². The van der Waals surface area contributed by atoms with Crippen LogP contribution in [0.5, 0.6) is 5.75 Å². The van der Waals surface area contributed by atoms with Crippen LogP contribution in [0.1, 0.15) is 11.3 Å². The molecule has 0 aliphatic carbocycles. The van der Waals surface area contributed by atoms with Crippen molar-refractivity contribution in [2.24, 2.45) is 5.73 Å². The number of ether oxygens (including phenoxy) is 1. The highest BCUT2D eigenvalue weighted by Gasteiger charge is 2.07. The van der Waals surface area contributed by atoms with Gasteiger partial charge in [-0.15, -0.1) is 0 Å². The van der Waals surface area contributed by atoms with E-state index in [4.69, 9.17) is 10.5 Å². The minimum Gasteiger partial charge on any atom is -0.495 e.